The quantitative estimate of drug-likeness (QED) is 0.740. The summed E-state index contributed by atoms with van der Waals surface area (Å²) in [6.45, 7) is 0. The third-order valence-electron chi connectivity index (χ3n) is 4.49. The summed E-state index contributed by atoms with van der Waals surface area (Å²) in [4.78, 5) is 17.1. The van der Waals surface area contributed by atoms with Gasteiger partial charge in [0.1, 0.15) is 5.82 Å². The SMILES string of the molecule is CON(C)S(=O)(=O)c1ccc(C(=O)N[C@H]2C[C@@H]2c2c(F)cccc2Cl)cc1. The van der Waals surface area contributed by atoms with E-state index in [0.29, 0.717) is 22.6 Å². The number of hydrogen-bond donors (Lipinski definition) is 1. The van der Waals surface area contributed by atoms with Crippen molar-refractivity contribution >= 4 is 27.5 Å². The summed E-state index contributed by atoms with van der Waals surface area (Å²) in [6, 6.07) is 9.78. The lowest BCUT2D eigenvalue weighted by Crippen LogP contribution is -2.27. The van der Waals surface area contributed by atoms with Crippen LogP contribution < -0.4 is 5.32 Å². The molecule has 0 bridgehead atoms. The first-order chi connectivity index (χ1) is 12.8. The van der Waals surface area contributed by atoms with Crippen LogP contribution in [0.25, 0.3) is 0 Å². The van der Waals surface area contributed by atoms with Gasteiger partial charge in [-0.15, -0.1) is 0 Å². The van der Waals surface area contributed by atoms with E-state index in [2.05, 4.69) is 5.32 Å². The minimum absolute atomic E-state index is 0.00540. The zero-order valence-corrected chi connectivity index (χ0v) is 16.2. The maximum atomic E-state index is 14.0. The molecule has 2 atom stereocenters. The van der Waals surface area contributed by atoms with Crippen molar-refractivity contribution in [2.45, 2.75) is 23.3 Å². The summed E-state index contributed by atoms with van der Waals surface area (Å²) in [5.41, 5.74) is 0.716. The molecular formula is C18H18ClFN2O4S. The summed E-state index contributed by atoms with van der Waals surface area (Å²) < 4.78 is 39.0. The number of nitrogens with zero attached hydrogens (tertiary/aromatic N) is 1. The molecule has 1 saturated carbocycles. The van der Waals surface area contributed by atoms with Crippen LogP contribution >= 0.6 is 11.6 Å². The first kappa shape index (κ1) is 19.8. The molecule has 0 unspecified atom stereocenters. The molecule has 9 heteroatoms. The summed E-state index contributed by atoms with van der Waals surface area (Å²) in [6.07, 6.45) is 0.595. The normalized spacial score (nSPS) is 19.1. The predicted molar refractivity (Wildman–Crippen MR) is 98.4 cm³/mol. The van der Waals surface area contributed by atoms with Crippen molar-refractivity contribution in [1.82, 2.24) is 9.79 Å². The zero-order chi connectivity index (χ0) is 19.8. The minimum atomic E-state index is -3.77. The summed E-state index contributed by atoms with van der Waals surface area (Å²) in [5.74, 6) is -0.919. The number of benzene rings is 2. The predicted octanol–water partition coefficient (Wildman–Crippen LogP) is 2.95. The van der Waals surface area contributed by atoms with E-state index in [1.807, 2.05) is 0 Å². The van der Waals surface area contributed by atoms with Gasteiger partial charge in [0, 0.05) is 35.2 Å². The molecule has 1 fully saturated rings. The zero-order valence-electron chi connectivity index (χ0n) is 14.6. The van der Waals surface area contributed by atoms with E-state index < -0.39 is 10.0 Å². The fourth-order valence-corrected chi connectivity index (χ4v) is 4.09. The summed E-state index contributed by atoms with van der Waals surface area (Å²) in [5, 5.41) is 3.16. The number of amides is 1. The molecule has 3 rings (SSSR count). The van der Waals surface area contributed by atoms with Crippen LogP contribution in [0.15, 0.2) is 47.4 Å². The standard InChI is InChI=1S/C18H18ClFN2O4S/c1-22(26-2)27(24,25)12-8-6-11(7-9-12)18(23)21-16-10-13(16)17-14(19)4-3-5-15(17)20/h3-9,13,16H,10H2,1-2H3,(H,21,23)/t13-,16-/m0/s1. The monoisotopic (exact) mass is 412 g/mol. The average molecular weight is 413 g/mol. The van der Waals surface area contributed by atoms with Gasteiger partial charge >= 0.3 is 0 Å². The van der Waals surface area contributed by atoms with Crippen molar-refractivity contribution in [2.24, 2.45) is 0 Å². The molecule has 0 aliphatic heterocycles. The summed E-state index contributed by atoms with van der Waals surface area (Å²) >= 11 is 6.06. The molecule has 0 saturated heterocycles. The van der Waals surface area contributed by atoms with Gasteiger partial charge < -0.3 is 5.32 Å². The Labute approximate surface area is 161 Å². The smallest absolute Gasteiger partial charge is 0.264 e. The van der Waals surface area contributed by atoms with E-state index in [1.165, 1.54) is 50.6 Å². The number of halogens is 2. The second-order valence-electron chi connectivity index (χ2n) is 6.18. The van der Waals surface area contributed by atoms with E-state index >= 15 is 0 Å². The van der Waals surface area contributed by atoms with Gasteiger partial charge in [0.05, 0.1) is 12.0 Å². The van der Waals surface area contributed by atoms with Gasteiger partial charge in [-0.3, -0.25) is 9.63 Å². The maximum Gasteiger partial charge on any atom is 0.264 e. The second-order valence-corrected chi connectivity index (χ2v) is 8.52. The number of carbonyl (C=O) groups excluding carboxylic acids is 1. The third kappa shape index (κ3) is 3.98. The van der Waals surface area contributed by atoms with Gasteiger partial charge in [0.15, 0.2) is 0 Å². The van der Waals surface area contributed by atoms with Crippen LogP contribution in [-0.4, -0.2) is 39.0 Å². The van der Waals surface area contributed by atoms with Gasteiger partial charge in [-0.1, -0.05) is 22.1 Å². The Kier molecular flexibility index (Phi) is 5.53. The Morgan fingerprint density at radius 1 is 1.26 bits per heavy atom. The van der Waals surface area contributed by atoms with Gasteiger partial charge in [-0.05, 0) is 42.8 Å². The minimum Gasteiger partial charge on any atom is -0.349 e. The van der Waals surface area contributed by atoms with Crippen LogP contribution in [0, 0.1) is 5.82 Å². The Balaban J connectivity index is 1.68. The number of nitrogens with one attached hydrogen (secondary N) is 1. The van der Waals surface area contributed by atoms with E-state index in [-0.39, 0.29) is 28.6 Å². The molecule has 0 radical (unpaired) electrons. The highest BCUT2D eigenvalue weighted by Gasteiger charge is 2.42. The topological polar surface area (TPSA) is 75.7 Å². The van der Waals surface area contributed by atoms with Crippen molar-refractivity contribution in [2.75, 3.05) is 14.2 Å². The number of sulfonamides is 1. The van der Waals surface area contributed by atoms with Crippen molar-refractivity contribution in [1.29, 1.82) is 0 Å². The van der Waals surface area contributed by atoms with Crippen molar-refractivity contribution in [3.05, 3.63) is 64.4 Å². The van der Waals surface area contributed by atoms with E-state index in [4.69, 9.17) is 16.4 Å². The van der Waals surface area contributed by atoms with Crippen molar-refractivity contribution in [3.8, 4) is 0 Å². The van der Waals surface area contributed by atoms with Gasteiger partial charge in [-0.25, -0.2) is 12.8 Å². The highest BCUT2D eigenvalue weighted by atomic mass is 35.5. The largest absolute Gasteiger partial charge is 0.349 e. The van der Waals surface area contributed by atoms with Crippen LogP contribution in [0.2, 0.25) is 5.02 Å². The molecule has 6 nitrogen and oxygen atoms in total. The van der Waals surface area contributed by atoms with Crippen LogP contribution in [0.5, 0.6) is 0 Å². The molecule has 1 aliphatic rings. The first-order valence-electron chi connectivity index (χ1n) is 8.13. The van der Waals surface area contributed by atoms with Crippen molar-refractivity contribution in [3.63, 3.8) is 0 Å². The fraction of sp³-hybridized carbons (Fsp3) is 0.278. The molecule has 27 heavy (non-hydrogen) atoms. The van der Waals surface area contributed by atoms with Gasteiger partial charge in [-0.2, -0.15) is 0 Å². The molecular weight excluding hydrogens is 395 g/mol. The molecule has 0 spiro atoms. The molecule has 1 amide bonds. The average Bonchev–Trinajstić information content (AvgIpc) is 3.39. The van der Waals surface area contributed by atoms with E-state index in [1.54, 1.807) is 6.07 Å². The Morgan fingerprint density at radius 3 is 2.52 bits per heavy atom. The Hall–Kier alpha value is -2.00. The van der Waals surface area contributed by atoms with Crippen LogP contribution in [0.3, 0.4) is 0 Å². The maximum absolute atomic E-state index is 14.0. The molecule has 144 valence electrons. The Morgan fingerprint density at radius 2 is 1.93 bits per heavy atom. The van der Waals surface area contributed by atoms with Gasteiger partial charge in [0.2, 0.25) is 0 Å². The van der Waals surface area contributed by atoms with E-state index in [0.717, 1.165) is 4.47 Å². The molecule has 2 aromatic carbocycles. The fourth-order valence-electron chi connectivity index (χ4n) is 2.82. The molecule has 0 aromatic heterocycles. The highest BCUT2D eigenvalue weighted by Crippen LogP contribution is 2.45. The molecule has 1 aliphatic carbocycles. The summed E-state index contributed by atoms with van der Waals surface area (Å²) in [7, 11) is -1.26. The highest BCUT2D eigenvalue weighted by molar-refractivity contribution is 7.89. The molecule has 2 aromatic rings. The third-order valence-corrected chi connectivity index (χ3v) is 6.51. The Bertz CT molecular complexity index is 946. The second kappa shape index (κ2) is 7.55. The van der Waals surface area contributed by atoms with Crippen molar-refractivity contribution < 1.29 is 22.4 Å². The number of carbonyl (C=O) groups is 1. The lowest BCUT2D eigenvalue weighted by Gasteiger charge is -2.14. The number of rotatable bonds is 6. The molecule has 1 N–H and O–H groups in total. The lowest BCUT2D eigenvalue weighted by atomic mass is 10.1. The number of hydrogen-bond acceptors (Lipinski definition) is 4. The lowest BCUT2D eigenvalue weighted by molar-refractivity contribution is -0.0258. The van der Waals surface area contributed by atoms with Crippen LogP contribution in [0.4, 0.5) is 4.39 Å². The van der Waals surface area contributed by atoms with Crippen LogP contribution in [-0.2, 0) is 14.9 Å². The van der Waals surface area contributed by atoms with Crippen LogP contribution in [0.1, 0.15) is 28.3 Å². The van der Waals surface area contributed by atoms with E-state index in [9.17, 15) is 17.6 Å². The van der Waals surface area contributed by atoms with Gasteiger partial charge in [0.25, 0.3) is 15.9 Å². The number of hydroxylamine groups is 1. The first-order valence-corrected chi connectivity index (χ1v) is 9.95. The molecule has 0 heterocycles.